The van der Waals surface area contributed by atoms with E-state index in [1.54, 1.807) is 60.5 Å². The first-order valence-corrected chi connectivity index (χ1v) is 11.2. The van der Waals surface area contributed by atoms with Gasteiger partial charge in [0.05, 0.1) is 30.3 Å². The second-order valence-electron chi connectivity index (χ2n) is 8.24. The minimum absolute atomic E-state index is 0.108. The van der Waals surface area contributed by atoms with E-state index in [0.717, 1.165) is 11.3 Å². The number of ether oxygens (including phenoxy) is 1. The van der Waals surface area contributed by atoms with Crippen LogP contribution in [0.3, 0.4) is 0 Å². The molecule has 1 aliphatic heterocycles. The van der Waals surface area contributed by atoms with Gasteiger partial charge in [0.15, 0.2) is 0 Å². The van der Waals surface area contributed by atoms with Gasteiger partial charge in [-0.15, -0.1) is 0 Å². The van der Waals surface area contributed by atoms with Crippen molar-refractivity contribution < 1.29 is 19.1 Å². The summed E-state index contributed by atoms with van der Waals surface area (Å²) in [5, 5.41) is 5.84. The van der Waals surface area contributed by atoms with Crippen molar-refractivity contribution in [3.05, 3.63) is 90.0 Å². The minimum Gasteiger partial charge on any atom is -0.497 e. The van der Waals surface area contributed by atoms with E-state index in [1.807, 2.05) is 37.3 Å². The highest BCUT2D eigenvalue weighted by Crippen LogP contribution is 2.28. The number of nitrogens with one attached hydrogen (secondary N) is 2. The van der Waals surface area contributed by atoms with Crippen molar-refractivity contribution in [3.63, 3.8) is 0 Å². The molecule has 1 saturated heterocycles. The molecule has 2 N–H and O–H groups in total. The standard InChI is InChI=1S/C27H27N3O4/c1-18(19-8-4-3-5-9-19)28-27(33)23-10-6-7-11-24(23)29-26(32)20-16-25(31)30(17-20)21-12-14-22(34-2)15-13-21/h3-15,18,20H,16-17H2,1-2H3,(H,28,33)(H,29,32). The Kier molecular flexibility index (Phi) is 6.92. The maximum absolute atomic E-state index is 13.0. The van der Waals surface area contributed by atoms with Gasteiger partial charge in [0.2, 0.25) is 11.8 Å². The number of anilines is 2. The molecular weight excluding hydrogens is 430 g/mol. The van der Waals surface area contributed by atoms with E-state index in [0.29, 0.717) is 17.0 Å². The molecule has 2 unspecified atom stereocenters. The van der Waals surface area contributed by atoms with Gasteiger partial charge in [-0.1, -0.05) is 42.5 Å². The van der Waals surface area contributed by atoms with Crippen LogP contribution in [0.25, 0.3) is 0 Å². The highest BCUT2D eigenvalue weighted by atomic mass is 16.5. The molecule has 1 heterocycles. The molecule has 0 aliphatic carbocycles. The second kappa shape index (κ2) is 10.2. The van der Waals surface area contributed by atoms with Gasteiger partial charge in [-0.25, -0.2) is 0 Å². The summed E-state index contributed by atoms with van der Waals surface area (Å²) in [6.07, 6.45) is 0.108. The van der Waals surface area contributed by atoms with E-state index in [1.165, 1.54) is 0 Å². The Balaban J connectivity index is 1.43. The molecule has 34 heavy (non-hydrogen) atoms. The largest absolute Gasteiger partial charge is 0.497 e. The summed E-state index contributed by atoms with van der Waals surface area (Å²) >= 11 is 0. The maximum Gasteiger partial charge on any atom is 0.253 e. The van der Waals surface area contributed by atoms with Crippen LogP contribution >= 0.6 is 0 Å². The van der Waals surface area contributed by atoms with E-state index in [4.69, 9.17) is 4.74 Å². The van der Waals surface area contributed by atoms with Crippen molar-refractivity contribution in [2.75, 3.05) is 23.9 Å². The third-order valence-electron chi connectivity index (χ3n) is 5.96. The zero-order chi connectivity index (χ0) is 24.1. The van der Waals surface area contributed by atoms with Crippen LogP contribution in [0.15, 0.2) is 78.9 Å². The predicted molar refractivity (Wildman–Crippen MR) is 131 cm³/mol. The van der Waals surface area contributed by atoms with Crippen molar-refractivity contribution in [3.8, 4) is 5.75 Å². The first kappa shape index (κ1) is 23.0. The second-order valence-corrected chi connectivity index (χ2v) is 8.24. The van der Waals surface area contributed by atoms with Crippen molar-refractivity contribution in [2.24, 2.45) is 5.92 Å². The topological polar surface area (TPSA) is 87.7 Å². The number of carbonyl (C=O) groups excluding carboxylic acids is 3. The van der Waals surface area contributed by atoms with Crippen LogP contribution in [0.1, 0.15) is 35.3 Å². The number of hydrogen-bond donors (Lipinski definition) is 2. The van der Waals surface area contributed by atoms with Gasteiger partial charge in [0.1, 0.15) is 5.75 Å². The van der Waals surface area contributed by atoms with Crippen LogP contribution in [0, 0.1) is 5.92 Å². The lowest BCUT2D eigenvalue weighted by molar-refractivity contribution is -0.122. The Bertz CT molecular complexity index is 1180. The predicted octanol–water partition coefficient (Wildman–Crippen LogP) is 4.18. The van der Waals surface area contributed by atoms with Gasteiger partial charge in [-0.2, -0.15) is 0 Å². The van der Waals surface area contributed by atoms with E-state index in [2.05, 4.69) is 10.6 Å². The number of methoxy groups -OCH3 is 1. The van der Waals surface area contributed by atoms with Gasteiger partial charge in [0, 0.05) is 18.7 Å². The molecule has 2 atom stereocenters. The Labute approximate surface area is 198 Å². The molecule has 1 fully saturated rings. The highest BCUT2D eigenvalue weighted by Gasteiger charge is 2.35. The molecular formula is C27H27N3O4. The van der Waals surface area contributed by atoms with Crippen LogP contribution in [-0.4, -0.2) is 31.4 Å². The summed E-state index contributed by atoms with van der Waals surface area (Å²) in [4.78, 5) is 40.2. The normalized spacial score (nSPS) is 16.1. The van der Waals surface area contributed by atoms with Crippen LogP contribution in [-0.2, 0) is 9.59 Å². The number of carbonyl (C=O) groups is 3. The fraction of sp³-hybridized carbons (Fsp3) is 0.222. The van der Waals surface area contributed by atoms with E-state index < -0.39 is 5.92 Å². The molecule has 1 aliphatic rings. The smallest absolute Gasteiger partial charge is 0.253 e. The van der Waals surface area contributed by atoms with Crippen LogP contribution in [0.5, 0.6) is 5.75 Å². The molecule has 0 spiro atoms. The number of hydrogen-bond acceptors (Lipinski definition) is 4. The fourth-order valence-corrected chi connectivity index (χ4v) is 4.02. The van der Waals surface area contributed by atoms with Gasteiger partial charge < -0.3 is 20.3 Å². The summed E-state index contributed by atoms with van der Waals surface area (Å²) < 4.78 is 5.16. The molecule has 7 nitrogen and oxygen atoms in total. The molecule has 3 amide bonds. The number of amides is 3. The zero-order valence-corrected chi connectivity index (χ0v) is 19.2. The third-order valence-corrected chi connectivity index (χ3v) is 5.96. The van der Waals surface area contributed by atoms with E-state index in [9.17, 15) is 14.4 Å². The van der Waals surface area contributed by atoms with Gasteiger partial charge in [0.25, 0.3) is 5.91 Å². The monoisotopic (exact) mass is 457 g/mol. The van der Waals surface area contributed by atoms with E-state index >= 15 is 0 Å². The Hall–Kier alpha value is -4.13. The fourth-order valence-electron chi connectivity index (χ4n) is 4.02. The number of benzene rings is 3. The van der Waals surface area contributed by atoms with Crippen molar-refractivity contribution in [1.29, 1.82) is 0 Å². The molecule has 3 aromatic rings. The van der Waals surface area contributed by atoms with Crippen molar-refractivity contribution in [1.82, 2.24) is 5.32 Å². The minimum atomic E-state index is -0.519. The highest BCUT2D eigenvalue weighted by molar-refractivity contribution is 6.07. The van der Waals surface area contributed by atoms with Crippen LogP contribution in [0.4, 0.5) is 11.4 Å². The molecule has 174 valence electrons. The van der Waals surface area contributed by atoms with E-state index in [-0.39, 0.29) is 36.7 Å². The summed E-state index contributed by atoms with van der Waals surface area (Å²) in [7, 11) is 1.58. The van der Waals surface area contributed by atoms with Gasteiger partial charge in [-0.05, 0) is 48.9 Å². The lowest BCUT2D eigenvalue weighted by Crippen LogP contribution is -2.30. The molecule has 0 saturated carbocycles. The summed E-state index contributed by atoms with van der Waals surface area (Å²) in [5.41, 5.74) is 2.49. The molecule has 0 radical (unpaired) electrons. The number of para-hydroxylation sites is 1. The van der Waals surface area contributed by atoms with Gasteiger partial charge >= 0.3 is 0 Å². The first-order valence-electron chi connectivity index (χ1n) is 11.2. The summed E-state index contributed by atoms with van der Waals surface area (Å²) in [5.74, 6) is -0.515. The van der Waals surface area contributed by atoms with Crippen molar-refractivity contribution >= 4 is 29.1 Å². The summed E-state index contributed by atoms with van der Waals surface area (Å²) in [6, 6.07) is 23.5. The lowest BCUT2D eigenvalue weighted by Gasteiger charge is -2.18. The Morgan fingerprint density at radius 2 is 1.65 bits per heavy atom. The number of rotatable bonds is 7. The Morgan fingerprint density at radius 1 is 0.971 bits per heavy atom. The molecule has 4 rings (SSSR count). The Morgan fingerprint density at radius 3 is 2.35 bits per heavy atom. The quantitative estimate of drug-likeness (QED) is 0.557. The van der Waals surface area contributed by atoms with Gasteiger partial charge in [-0.3, -0.25) is 14.4 Å². The zero-order valence-electron chi connectivity index (χ0n) is 19.2. The molecule has 7 heteroatoms. The molecule has 0 bridgehead atoms. The average molecular weight is 458 g/mol. The van der Waals surface area contributed by atoms with Crippen LogP contribution in [0.2, 0.25) is 0 Å². The lowest BCUT2D eigenvalue weighted by atomic mass is 10.1. The molecule has 0 aromatic heterocycles. The number of nitrogens with zero attached hydrogens (tertiary/aromatic N) is 1. The average Bonchev–Trinajstić information content (AvgIpc) is 3.26. The maximum atomic E-state index is 13.0. The first-order chi connectivity index (χ1) is 16.5. The third kappa shape index (κ3) is 5.09. The summed E-state index contributed by atoms with van der Waals surface area (Å²) in [6.45, 7) is 2.18. The van der Waals surface area contributed by atoms with Crippen LogP contribution < -0.4 is 20.3 Å². The SMILES string of the molecule is COc1ccc(N2CC(C(=O)Nc3ccccc3C(=O)NC(C)c3ccccc3)CC2=O)cc1. The van der Waals surface area contributed by atoms with Crippen molar-refractivity contribution in [2.45, 2.75) is 19.4 Å². The molecule has 3 aromatic carbocycles.